The van der Waals surface area contributed by atoms with Gasteiger partial charge in [0.1, 0.15) is 0 Å². The fourth-order valence-electron chi connectivity index (χ4n) is 3.86. The van der Waals surface area contributed by atoms with Crippen molar-refractivity contribution in [3.05, 3.63) is 23.3 Å². The van der Waals surface area contributed by atoms with Crippen LogP contribution in [0.25, 0.3) is 0 Å². The molecule has 0 unspecified atom stereocenters. The lowest BCUT2D eigenvalue weighted by Crippen LogP contribution is -2.47. The third-order valence-corrected chi connectivity index (χ3v) is 5.07. The summed E-state index contributed by atoms with van der Waals surface area (Å²) >= 11 is 0. The largest absolute Gasteiger partial charge is 0.504 e. The number of phenols is 1. The minimum absolute atomic E-state index is 0.0146. The Balaban J connectivity index is 2.05. The Morgan fingerprint density at radius 2 is 2.04 bits per heavy atom. The molecule has 6 nitrogen and oxygen atoms in total. The first kappa shape index (κ1) is 17.0. The fourth-order valence-corrected chi connectivity index (χ4v) is 3.86. The molecule has 24 heavy (non-hydrogen) atoms. The maximum atomic E-state index is 10.8. The smallest absolute Gasteiger partial charge is 0.163 e. The van der Waals surface area contributed by atoms with Crippen LogP contribution in [0.2, 0.25) is 0 Å². The SMILES string of the molecule is COc1ccc(C#N)c([C@@H](C2CCOCC2)N2CCNCC2)c1O. The Bertz CT molecular complexity index is 584. The number of phenolic OH excluding ortho intramolecular Hbond substituents is 1. The molecule has 2 N–H and O–H groups in total. The molecule has 1 aromatic rings. The van der Waals surface area contributed by atoms with Gasteiger partial charge < -0.3 is 19.9 Å². The first-order chi connectivity index (χ1) is 11.8. The summed E-state index contributed by atoms with van der Waals surface area (Å²) in [6, 6.07) is 5.69. The van der Waals surface area contributed by atoms with E-state index >= 15 is 0 Å². The number of nitrogens with zero attached hydrogens (tertiary/aromatic N) is 2. The summed E-state index contributed by atoms with van der Waals surface area (Å²) in [5.74, 6) is 0.893. The first-order valence-electron chi connectivity index (χ1n) is 8.58. The molecule has 2 aliphatic heterocycles. The van der Waals surface area contributed by atoms with Crippen LogP contribution in [0.5, 0.6) is 11.5 Å². The molecule has 0 bridgehead atoms. The van der Waals surface area contributed by atoms with Gasteiger partial charge in [-0.2, -0.15) is 5.26 Å². The molecule has 130 valence electrons. The normalized spacial score (nSPS) is 21.2. The molecule has 0 radical (unpaired) electrons. The number of benzene rings is 1. The predicted molar refractivity (Wildman–Crippen MR) is 90.1 cm³/mol. The number of nitrogens with one attached hydrogen (secondary N) is 1. The van der Waals surface area contributed by atoms with Crippen LogP contribution in [0.3, 0.4) is 0 Å². The number of hydrogen-bond acceptors (Lipinski definition) is 6. The van der Waals surface area contributed by atoms with E-state index in [9.17, 15) is 10.4 Å². The molecule has 0 spiro atoms. The Labute approximate surface area is 143 Å². The Hall–Kier alpha value is -1.81. The van der Waals surface area contributed by atoms with E-state index in [4.69, 9.17) is 9.47 Å². The molecule has 2 fully saturated rings. The lowest BCUT2D eigenvalue weighted by Gasteiger charge is -2.41. The summed E-state index contributed by atoms with van der Waals surface area (Å²) in [5.41, 5.74) is 1.24. The second-order valence-electron chi connectivity index (χ2n) is 6.37. The van der Waals surface area contributed by atoms with Crippen LogP contribution in [-0.2, 0) is 4.74 Å². The van der Waals surface area contributed by atoms with Crippen molar-refractivity contribution in [3.63, 3.8) is 0 Å². The molecule has 0 saturated carbocycles. The highest BCUT2D eigenvalue weighted by molar-refractivity contribution is 5.55. The zero-order valence-electron chi connectivity index (χ0n) is 14.1. The van der Waals surface area contributed by atoms with Crippen molar-refractivity contribution in [1.82, 2.24) is 10.2 Å². The predicted octanol–water partition coefficient (Wildman–Crippen LogP) is 1.65. The fraction of sp³-hybridized carbons (Fsp3) is 0.611. The topological polar surface area (TPSA) is 77.8 Å². The van der Waals surface area contributed by atoms with Gasteiger partial charge in [0.15, 0.2) is 11.5 Å². The molecule has 3 rings (SSSR count). The minimum Gasteiger partial charge on any atom is -0.504 e. The monoisotopic (exact) mass is 331 g/mol. The van der Waals surface area contributed by atoms with E-state index in [1.54, 1.807) is 19.2 Å². The van der Waals surface area contributed by atoms with Gasteiger partial charge in [-0.25, -0.2) is 0 Å². The lowest BCUT2D eigenvalue weighted by atomic mass is 9.83. The van der Waals surface area contributed by atoms with Crippen LogP contribution in [0.4, 0.5) is 0 Å². The van der Waals surface area contributed by atoms with E-state index in [0.29, 0.717) is 22.8 Å². The standard InChI is InChI=1S/C18H25N3O3/c1-23-15-3-2-14(12-19)16(18(15)22)17(13-4-10-24-11-5-13)21-8-6-20-7-9-21/h2-3,13,17,20,22H,4-11H2,1H3/t17-/m1/s1. The van der Waals surface area contributed by atoms with Gasteiger partial charge in [0.05, 0.1) is 18.7 Å². The zero-order valence-corrected chi connectivity index (χ0v) is 14.1. The summed E-state index contributed by atoms with van der Waals surface area (Å²) in [5, 5.41) is 23.7. The number of aromatic hydroxyl groups is 1. The molecular formula is C18H25N3O3. The van der Waals surface area contributed by atoms with E-state index in [0.717, 1.165) is 52.2 Å². The average Bonchev–Trinajstić information content (AvgIpc) is 2.65. The zero-order chi connectivity index (χ0) is 16.9. The number of hydrogen-bond donors (Lipinski definition) is 2. The van der Waals surface area contributed by atoms with Gasteiger partial charge in [-0.1, -0.05) is 0 Å². The molecule has 2 heterocycles. The molecule has 2 saturated heterocycles. The average molecular weight is 331 g/mol. The molecule has 6 heteroatoms. The van der Waals surface area contributed by atoms with Gasteiger partial charge in [-0.05, 0) is 30.9 Å². The quantitative estimate of drug-likeness (QED) is 0.873. The van der Waals surface area contributed by atoms with Gasteiger partial charge in [-0.3, -0.25) is 4.90 Å². The number of piperazine rings is 1. The van der Waals surface area contributed by atoms with E-state index in [-0.39, 0.29) is 11.8 Å². The van der Waals surface area contributed by atoms with Crippen LogP contribution in [0.1, 0.15) is 30.0 Å². The summed E-state index contributed by atoms with van der Waals surface area (Å²) < 4.78 is 10.8. The van der Waals surface area contributed by atoms with Crippen molar-refractivity contribution in [2.45, 2.75) is 18.9 Å². The molecule has 0 aliphatic carbocycles. The lowest BCUT2D eigenvalue weighted by molar-refractivity contribution is 0.0205. The number of nitriles is 1. The van der Waals surface area contributed by atoms with Crippen LogP contribution >= 0.6 is 0 Å². The molecule has 1 aromatic carbocycles. The summed E-state index contributed by atoms with van der Waals surface area (Å²) in [6.07, 6.45) is 1.88. The minimum atomic E-state index is 0.0146. The van der Waals surface area contributed by atoms with Gasteiger partial charge in [0.25, 0.3) is 0 Å². The van der Waals surface area contributed by atoms with E-state index in [1.165, 1.54) is 0 Å². The maximum absolute atomic E-state index is 10.8. The summed E-state index contributed by atoms with van der Waals surface area (Å²) in [6.45, 7) is 5.13. The molecule has 2 aliphatic rings. The van der Waals surface area contributed by atoms with Crippen LogP contribution in [0, 0.1) is 17.2 Å². The number of ether oxygens (including phenoxy) is 2. The van der Waals surface area contributed by atoms with Crippen LogP contribution in [-0.4, -0.2) is 56.5 Å². The van der Waals surface area contributed by atoms with Gasteiger partial charge in [0.2, 0.25) is 0 Å². The van der Waals surface area contributed by atoms with Gasteiger partial charge in [-0.15, -0.1) is 0 Å². The van der Waals surface area contributed by atoms with Crippen molar-refractivity contribution < 1.29 is 14.6 Å². The second kappa shape index (κ2) is 7.84. The Kier molecular flexibility index (Phi) is 5.56. The Morgan fingerprint density at radius 1 is 1.33 bits per heavy atom. The molecule has 0 amide bonds. The van der Waals surface area contributed by atoms with E-state index in [2.05, 4.69) is 16.3 Å². The highest BCUT2D eigenvalue weighted by Crippen LogP contribution is 2.44. The maximum Gasteiger partial charge on any atom is 0.163 e. The van der Waals surface area contributed by atoms with Gasteiger partial charge >= 0.3 is 0 Å². The number of methoxy groups -OCH3 is 1. The van der Waals surface area contributed by atoms with Crippen molar-refractivity contribution in [1.29, 1.82) is 5.26 Å². The first-order valence-corrected chi connectivity index (χ1v) is 8.58. The van der Waals surface area contributed by atoms with Crippen molar-refractivity contribution >= 4 is 0 Å². The van der Waals surface area contributed by atoms with Crippen molar-refractivity contribution in [2.75, 3.05) is 46.5 Å². The van der Waals surface area contributed by atoms with Crippen molar-refractivity contribution in [3.8, 4) is 17.6 Å². The molecule has 1 atom stereocenters. The third kappa shape index (κ3) is 3.34. The highest BCUT2D eigenvalue weighted by atomic mass is 16.5. The summed E-state index contributed by atoms with van der Waals surface area (Å²) in [7, 11) is 1.54. The van der Waals surface area contributed by atoms with Crippen LogP contribution < -0.4 is 10.1 Å². The highest BCUT2D eigenvalue weighted by Gasteiger charge is 2.35. The summed E-state index contributed by atoms with van der Waals surface area (Å²) in [4.78, 5) is 2.39. The third-order valence-electron chi connectivity index (χ3n) is 5.07. The van der Waals surface area contributed by atoms with Crippen LogP contribution in [0.15, 0.2) is 12.1 Å². The number of rotatable bonds is 4. The molecule has 0 aromatic heterocycles. The van der Waals surface area contributed by atoms with Crippen molar-refractivity contribution in [2.24, 2.45) is 5.92 Å². The Morgan fingerprint density at radius 3 is 2.67 bits per heavy atom. The van der Waals surface area contributed by atoms with E-state index in [1.807, 2.05) is 0 Å². The van der Waals surface area contributed by atoms with Gasteiger partial charge in [0, 0.05) is 51.0 Å². The second-order valence-corrected chi connectivity index (χ2v) is 6.37. The molecular weight excluding hydrogens is 306 g/mol. The van der Waals surface area contributed by atoms with E-state index < -0.39 is 0 Å².